The van der Waals surface area contributed by atoms with Crippen molar-refractivity contribution in [3.8, 4) is 17.1 Å². The van der Waals surface area contributed by atoms with Crippen molar-refractivity contribution in [3.05, 3.63) is 36.4 Å². The average Bonchev–Trinajstić information content (AvgIpc) is 3.42. The van der Waals surface area contributed by atoms with Crippen LogP contribution in [-0.2, 0) is 18.4 Å². The van der Waals surface area contributed by atoms with E-state index in [9.17, 15) is 9.90 Å². The molecule has 32 heavy (non-hydrogen) atoms. The molecule has 3 heterocycles. The van der Waals surface area contributed by atoms with Crippen molar-refractivity contribution >= 4 is 34.3 Å². The van der Waals surface area contributed by atoms with Crippen LogP contribution in [0.15, 0.2) is 30.6 Å². The molecule has 11 nitrogen and oxygen atoms in total. The first kappa shape index (κ1) is 19.9. The van der Waals surface area contributed by atoms with E-state index in [2.05, 4.69) is 35.7 Å². The molecule has 1 aromatic carbocycles. The molecular weight excluding hydrogens is 412 g/mol. The summed E-state index contributed by atoms with van der Waals surface area (Å²) in [5, 5.41) is 20.1. The van der Waals surface area contributed by atoms with Crippen LogP contribution in [0.4, 0.5) is 17.2 Å². The number of aromatic amines is 1. The quantitative estimate of drug-likeness (QED) is 0.347. The lowest BCUT2D eigenvalue weighted by Gasteiger charge is -2.15. The van der Waals surface area contributed by atoms with Gasteiger partial charge in [-0.15, -0.1) is 0 Å². The summed E-state index contributed by atoms with van der Waals surface area (Å²) in [6, 6.07) is 7.32. The largest absolute Gasteiger partial charge is 0.494 e. The van der Waals surface area contributed by atoms with Crippen molar-refractivity contribution in [1.29, 1.82) is 0 Å². The molecule has 1 aliphatic rings. The number of fused-ring (bicyclic) bond motifs is 1. The SMILES string of the molecule is COc1c(Nc2cc(NC(=O)C3CC3)nc3[nH]c(CO)nc23)cccc1-c1ncn(C)n1. The Morgan fingerprint density at radius 1 is 1.31 bits per heavy atom. The number of carbonyl (C=O) groups excluding carboxylic acids is 1. The van der Waals surface area contributed by atoms with Crippen molar-refractivity contribution in [1.82, 2.24) is 29.7 Å². The van der Waals surface area contributed by atoms with Gasteiger partial charge in [0.1, 0.15) is 30.1 Å². The number of aliphatic hydroxyl groups is 1. The maximum absolute atomic E-state index is 12.3. The zero-order chi connectivity index (χ0) is 22.2. The first-order chi connectivity index (χ1) is 15.6. The number of anilines is 3. The van der Waals surface area contributed by atoms with Gasteiger partial charge in [0, 0.05) is 19.0 Å². The first-order valence-corrected chi connectivity index (χ1v) is 10.2. The molecule has 0 spiro atoms. The summed E-state index contributed by atoms with van der Waals surface area (Å²) in [6.07, 6.45) is 3.41. The number of aliphatic hydroxyl groups excluding tert-OH is 1. The van der Waals surface area contributed by atoms with Crippen LogP contribution in [0.1, 0.15) is 18.7 Å². The molecule has 4 aromatic rings. The van der Waals surface area contributed by atoms with Gasteiger partial charge in [-0.25, -0.2) is 15.0 Å². The lowest BCUT2D eigenvalue weighted by molar-refractivity contribution is -0.117. The van der Waals surface area contributed by atoms with Gasteiger partial charge in [0.25, 0.3) is 0 Å². The predicted octanol–water partition coefficient (Wildman–Crippen LogP) is 2.35. The number of pyridine rings is 1. The van der Waals surface area contributed by atoms with Crippen LogP contribution >= 0.6 is 0 Å². The summed E-state index contributed by atoms with van der Waals surface area (Å²) in [5.74, 6) is 1.86. The van der Waals surface area contributed by atoms with E-state index < -0.39 is 0 Å². The van der Waals surface area contributed by atoms with Crippen molar-refractivity contribution in [2.24, 2.45) is 13.0 Å². The zero-order valence-electron chi connectivity index (χ0n) is 17.6. The number of H-pyrrole nitrogens is 1. The number of ether oxygens (including phenoxy) is 1. The highest BCUT2D eigenvalue weighted by atomic mass is 16.5. The van der Waals surface area contributed by atoms with Gasteiger partial charge in [0.2, 0.25) is 5.91 Å². The maximum Gasteiger partial charge on any atom is 0.228 e. The Kier molecular flexibility index (Phi) is 4.94. The fourth-order valence-electron chi connectivity index (χ4n) is 3.49. The smallest absolute Gasteiger partial charge is 0.228 e. The van der Waals surface area contributed by atoms with Crippen LogP contribution in [-0.4, -0.2) is 47.8 Å². The summed E-state index contributed by atoms with van der Waals surface area (Å²) in [4.78, 5) is 28.4. The molecule has 164 valence electrons. The lowest BCUT2D eigenvalue weighted by atomic mass is 10.1. The Bertz CT molecular complexity index is 1310. The number of methoxy groups -OCH3 is 1. The van der Waals surface area contributed by atoms with Crippen LogP contribution in [0.25, 0.3) is 22.6 Å². The Labute approximate surface area is 182 Å². The minimum atomic E-state index is -0.260. The maximum atomic E-state index is 12.3. The molecule has 11 heteroatoms. The lowest BCUT2D eigenvalue weighted by Crippen LogP contribution is -2.14. The number of aryl methyl sites for hydroxylation is 1. The summed E-state index contributed by atoms with van der Waals surface area (Å²) >= 11 is 0. The normalized spacial score (nSPS) is 13.3. The van der Waals surface area contributed by atoms with Gasteiger partial charge in [0.05, 0.1) is 24.0 Å². The minimum Gasteiger partial charge on any atom is -0.494 e. The van der Waals surface area contributed by atoms with E-state index in [1.165, 1.54) is 0 Å². The number of carbonyl (C=O) groups is 1. The van der Waals surface area contributed by atoms with Gasteiger partial charge in [-0.2, -0.15) is 5.10 Å². The number of nitrogens with one attached hydrogen (secondary N) is 3. The van der Waals surface area contributed by atoms with Crippen LogP contribution in [0, 0.1) is 5.92 Å². The van der Waals surface area contributed by atoms with Crippen molar-refractivity contribution in [2.75, 3.05) is 17.7 Å². The van der Waals surface area contributed by atoms with E-state index in [1.807, 2.05) is 18.2 Å². The average molecular weight is 434 g/mol. The van der Waals surface area contributed by atoms with Crippen LogP contribution < -0.4 is 15.4 Å². The standard InChI is InChI=1S/C21H22N8O3/c1-29-10-22-19(28-29)12-4-3-5-13(18(12)32-2)23-14-8-15(27-21(31)11-6-7-11)25-20-17(14)24-16(9-30)26-20/h3-5,8,10-11,30H,6-7,9H2,1-2H3,(H3,23,24,25,26,27,31). The van der Waals surface area contributed by atoms with Gasteiger partial charge in [-0.3, -0.25) is 9.48 Å². The number of nitrogens with zero attached hydrogens (tertiary/aromatic N) is 5. The topological polar surface area (TPSA) is 143 Å². The van der Waals surface area contributed by atoms with E-state index >= 15 is 0 Å². The highest BCUT2D eigenvalue weighted by Crippen LogP contribution is 2.38. The molecule has 1 aliphatic carbocycles. The van der Waals surface area contributed by atoms with Gasteiger partial charge < -0.3 is 25.5 Å². The van der Waals surface area contributed by atoms with E-state index in [-0.39, 0.29) is 18.4 Å². The third-order valence-corrected chi connectivity index (χ3v) is 5.18. The number of benzene rings is 1. The van der Waals surface area contributed by atoms with E-state index in [0.29, 0.717) is 45.8 Å². The predicted molar refractivity (Wildman–Crippen MR) is 117 cm³/mol. The Hall–Kier alpha value is -3.99. The molecule has 1 amide bonds. The first-order valence-electron chi connectivity index (χ1n) is 10.2. The van der Waals surface area contributed by atoms with Gasteiger partial charge in [-0.05, 0) is 25.0 Å². The summed E-state index contributed by atoms with van der Waals surface area (Å²) < 4.78 is 7.30. The molecule has 1 saturated carbocycles. The second kappa shape index (κ2) is 7.93. The molecule has 0 atom stereocenters. The molecule has 0 radical (unpaired) electrons. The van der Waals surface area contributed by atoms with E-state index in [4.69, 9.17) is 4.74 Å². The molecule has 0 aliphatic heterocycles. The number of para-hydroxylation sites is 1. The fourth-order valence-corrected chi connectivity index (χ4v) is 3.49. The Morgan fingerprint density at radius 3 is 2.84 bits per heavy atom. The van der Waals surface area contributed by atoms with Gasteiger partial charge >= 0.3 is 0 Å². The fraction of sp³-hybridized carbons (Fsp3) is 0.286. The van der Waals surface area contributed by atoms with Gasteiger partial charge in [-0.1, -0.05) is 6.07 Å². The monoisotopic (exact) mass is 434 g/mol. The van der Waals surface area contributed by atoms with Crippen molar-refractivity contribution < 1.29 is 14.6 Å². The highest BCUT2D eigenvalue weighted by Gasteiger charge is 2.30. The number of imidazole rings is 1. The number of hydrogen-bond acceptors (Lipinski definition) is 8. The molecular formula is C21H22N8O3. The van der Waals surface area contributed by atoms with Crippen molar-refractivity contribution in [3.63, 3.8) is 0 Å². The van der Waals surface area contributed by atoms with Crippen molar-refractivity contribution in [2.45, 2.75) is 19.4 Å². The Morgan fingerprint density at radius 2 is 2.16 bits per heavy atom. The molecule has 4 N–H and O–H groups in total. The second-order valence-electron chi connectivity index (χ2n) is 7.61. The number of hydrogen-bond donors (Lipinski definition) is 4. The third kappa shape index (κ3) is 3.73. The molecule has 5 rings (SSSR count). The highest BCUT2D eigenvalue weighted by molar-refractivity contribution is 5.97. The zero-order valence-corrected chi connectivity index (χ0v) is 17.6. The van der Waals surface area contributed by atoms with Gasteiger partial charge in [0.15, 0.2) is 17.2 Å². The molecule has 1 fully saturated rings. The molecule has 3 aromatic heterocycles. The molecule has 0 unspecified atom stereocenters. The summed E-state index contributed by atoms with van der Waals surface area (Å²) in [6.45, 7) is -0.260. The van der Waals surface area contributed by atoms with E-state index in [1.54, 1.807) is 31.2 Å². The molecule has 0 saturated heterocycles. The summed E-state index contributed by atoms with van der Waals surface area (Å²) in [7, 11) is 3.38. The number of rotatable bonds is 7. The molecule has 0 bridgehead atoms. The number of amides is 1. The van der Waals surface area contributed by atoms with Crippen LogP contribution in [0.2, 0.25) is 0 Å². The third-order valence-electron chi connectivity index (χ3n) is 5.18. The van der Waals surface area contributed by atoms with Crippen LogP contribution in [0.5, 0.6) is 5.75 Å². The minimum absolute atomic E-state index is 0.0429. The summed E-state index contributed by atoms with van der Waals surface area (Å²) in [5.41, 5.74) is 2.97. The van der Waals surface area contributed by atoms with E-state index in [0.717, 1.165) is 18.4 Å². The number of aromatic nitrogens is 6. The van der Waals surface area contributed by atoms with Crippen LogP contribution in [0.3, 0.4) is 0 Å². The Balaban J connectivity index is 1.57. The second-order valence-corrected chi connectivity index (χ2v) is 7.61.